The molecule has 1 aliphatic rings. The summed E-state index contributed by atoms with van der Waals surface area (Å²) in [5, 5.41) is 16.8. The average molecular weight is 598 g/mol. The summed E-state index contributed by atoms with van der Waals surface area (Å²) in [5.41, 5.74) is 13.0. The zero-order valence-corrected chi connectivity index (χ0v) is 23.7. The standard InChI is InChI=1S/C23H29ClN7O8P/c1-13(21(33)36-12-23(2,3)4)29-40(35,39-15-8-6-5-7-14(15)24)37-11-16-19(32)18(28-30-26)20(38-16)31-10-9-17(25)27-22(31)34/h5-10,13,16,19,32H,11-12H2,1-4H3,(H,29,35)(H2,25,27,34)/t13-,16+,19+,40?/m0/s1. The van der Waals surface area contributed by atoms with Gasteiger partial charge in [-0.1, -0.05) is 49.6 Å². The van der Waals surface area contributed by atoms with Crippen LogP contribution >= 0.6 is 19.3 Å². The topological polar surface area (TPSA) is 213 Å². The van der Waals surface area contributed by atoms with Crippen LogP contribution in [0.25, 0.3) is 16.3 Å². The van der Waals surface area contributed by atoms with E-state index in [-0.39, 0.29) is 40.2 Å². The molecule has 0 amide bonds. The smallest absolute Gasteiger partial charge is 0.459 e. The van der Waals surface area contributed by atoms with Gasteiger partial charge in [0.1, 0.15) is 29.4 Å². The molecule has 4 atom stereocenters. The quantitative estimate of drug-likeness (QED) is 0.112. The monoisotopic (exact) mass is 597 g/mol. The van der Waals surface area contributed by atoms with Crippen molar-refractivity contribution in [1.29, 1.82) is 0 Å². The largest absolute Gasteiger partial charge is 0.469 e. The van der Waals surface area contributed by atoms with Crippen LogP contribution in [0.15, 0.2) is 52.1 Å². The normalized spacial score (nSPS) is 19.2. The number of hydrogen-bond acceptors (Lipinski definition) is 11. The number of azide groups is 1. The van der Waals surface area contributed by atoms with Crippen LogP contribution in [0.4, 0.5) is 5.82 Å². The molecule has 1 aromatic heterocycles. The lowest BCUT2D eigenvalue weighted by molar-refractivity contribution is -0.148. The third kappa shape index (κ3) is 7.98. The van der Waals surface area contributed by atoms with Crippen LogP contribution in [-0.4, -0.2) is 52.1 Å². The van der Waals surface area contributed by atoms with Crippen molar-refractivity contribution in [3.05, 3.63) is 68.2 Å². The SMILES string of the molecule is C[C@H](NP(=O)(OC[C@H]1OC(n2ccc(N)nc2=O)=C(N=[N+]=[N-])[C@@H]1O)Oc1ccccc1Cl)C(=O)OCC(C)(C)C. The molecule has 17 heteroatoms. The molecule has 40 heavy (non-hydrogen) atoms. The summed E-state index contributed by atoms with van der Waals surface area (Å²) in [7, 11) is -4.41. The molecule has 0 aliphatic carbocycles. The fraction of sp³-hybridized carbons (Fsp3) is 0.435. The van der Waals surface area contributed by atoms with Crippen molar-refractivity contribution < 1.29 is 33.0 Å². The number of aliphatic hydroxyl groups excluding tert-OH is 1. The number of ether oxygens (including phenoxy) is 2. The number of carbonyl (C=O) groups is 1. The Bertz CT molecular complexity index is 1440. The number of carbonyl (C=O) groups excluding carboxylic acids is 1. The lowest BCUT2D eigenvalue weighted by Gasteiger charge is -2.26. The predicted octanol–water partition coefficient (Wildman–Crippen LogP) is 3.45. The van der Waals surface area contributed by atoms with E-state index in [9.17, 15) is 19.3 Å². The van der Waals surface area contributed by atoms with Crippen LogP contribution in [0.3, 0.4) is 0 Å². The van der Waals surface area contributed by atoms with Crippen molar-refractivity contribution in [2.45, 2.75) is 45.9 Å². The minimum Gasteiger partial charge on any atom is -0.469 e. The highest BCUT2D eigenvalue weighted by Crippen LogP contribution is 2.47. The van der Waals surface area contributed by atoms with Gasteiger partial charge in [0.05, 0.1) is 18.2 Å². The molecule has 15 nitrogen and oxygen atoms in total. The molecule has 2 aromatic rings. The van der Waals surface area contributed by atoms with E-state index in [4.69, 9.17) is 41.4 Å². The number of anilines is 1. The second kappa shape index (κ2) is 12.7. The fourth-order valence-electron chi connectivity index (χ4n) is 3.21. The number of nitrogens with zero attached hydrogens (tertiary/aromatic N) is 5. The molecule has 0 saturated heterocycles. The van der Waals surface area contributed by atoms with E-state index < -0.39 is 44.3 Å². The Morgan fingerprint density at radius 3 is 2.73 bits per heavy atom. The van der Waals surface area contributed by atoms with Gasteiger partial charge < -0.3 is 24.8 Å². The van der Waals surface area contributed by atoms with E-state index in [1.807, 2.05) is 20.8 Å². The van der Waals surface area contributed by atoms with Gasteiger partial charge in [0.15, 0.2) is 6.10 Å². The molecule has 3 rings (SSSR count). The van der Waals surface area contributed by atoms with E-state index >= 15 is 0 Å². The number of para-hydroxylation sites is 1. The summed E-state index contributed by atoms with van der Waals surface area (Å²) in [4.78, 5) is 31.1. The lowest BCUT2D eigenvalue weighted by Crippen LogP contribution is -2.37. The maximum Gasteiger partial charge on any atom is 0.459 e. The number of nitrogens with one attached hydrogen (secondary N) is 1. The van der Waals surface area contributed by atoms with Crippen LogP contribution in [0.5, 0.6) is 5.75 Å². The summed E-state index contributed by atoms with van der Waals surface area (Å²) in [6.07, 6.45) is -1.73. The van der Waals surface area contributed by atoms with Crippen LogP contribution in [0.2, 0.25) is 5.02 Å². The molecule has 0 saturated carbocycles. The van der Waals surface area contributed by atoms with Crippen molar-refractivity contribution >= 4 is 37.0 Å². The molecule has 1 unspecified atom stereocenters. The predicted molar refractivity (Wildman–Crippen MR) is 145 cm³/mol. The van der Waals surface area contributed by atoms with E-state index in [0.29, 0.717) is 0 Å². The zero-order valence-electron chi connectivity index (χ0n) is 22.1. The van der Waals surface area contributed by atoms with Gasteiger partial charge in [-0.05, 0) is 36.1 Å². The van der Waals surface area contributed by atoms with Crippen molar-refractivity contribution in [1.82, 2.24) is 14.6 Å². The Hall–Kier alpha value is -3.58. The van der Waals surface area contributed by atoms with Gasteiger partial charge >= 0.3 is 19.4 Å². The molecule has 0 bridgehead atoms. The van der Waals surface area contributed by atoms with Gasteiger partial charge in [-0.15, -0.1) is 0 Å². The van der Waals surface area contributed by atoms with E-state index in [1.54, 1.807) is 12.1 Å². The number of aliphatic hydroxyl groups is 1. The summed E-state index contributed by atoms with van der Waals surface area (Å²) >= 11 is 6.16. The van der Waals surface area contributed by atoms with E-state index in [2.05, 4.69) is 20.1 Å². The van der Waals surface area contributed by atoms with Gasteiger partial charge in [0, 0.05) is 11.1 Å². The third-order valence-electron chi connectivity index (χ3n) is 5.13. The molecule has 0 radical (unpaired) electrons. The first-order valence-electron chi connectivity index (χ1n) is 11.9. The van der Waals surface area contributed by atoms with Gasteiger partial charge in [-0.25, -0.2) is 13.9 Å². The second-order valence-electron chi connectivity index (χ2n) is 9.82. The Kier molecular flexibility index (Phi) is 9.85. The van der Waals surface area contributed by atoms with Crippen LogP contribution in [0.1, 0.15) is 27.7 Å². The number of benzene rings is 1. The average Bonchev–Trinajstić information content (AvgIpc) is 3.17. The molecular formula is C23H29ClN7O8P. The molecule has 4 N–H and O–H groups in total. The Morgan fingerprint density at radius 1 is 1.40 bits per heavy atom. The van der Waals surface area contributed by atoms with Crippen LogP contribution in [-0.2, 0) is 23.4 Å². The summed E-state index contributed by atoms with van der Waals surface area (Å²) in [6, 6.07) is 6.27. The first-order chi connectivity index (χ1) is 18.7. The van der Waals surface area contributed by atoms with Crippen molar-refractivity contribution in [2.24, 2.45) is 10.5 Å². The number of hydrogen-bond donors (Lipinski definition) is 3. The van der Waals surface area contributed by atoms with Crippen LogP contribution in [0, 0.1) is 5.41 Å². The number of rotatable bonds is 11. The maximum atomic E-state index is 13.8. The van der Waals surface area contributed by atoms with Crippen molar-refractivity contribution in [2.75, 3.05) is 18.9 Å². The van der Waals surface area contributed by atoms with Gasteiger partial charge in [0.2, 0.25) is 5.88 Å². The number of halogens is 1. The molecular weight excluding hydrogens is 569 g/mol. The minimum atomic E-state index is -4.41. The van der Waals surface area contributed by atoms with Gasteiger partial charge in [0.25, 0.3) is 0 Å². The molecule has 216 valence electrons. The fourth-order valence-corrected chi connectivity index (χ4v) is 4.96. The summed E-state index contributed by atoms with van der Waals surface area (Å²) in [6.45, 7) is 6.51. The minimum absolute atomic E-state index is 0.0174. The summed E-state index contributed by atoms with van der Waals surface area (Å²) < 4.78 is 36.8. The highest BCUT2D eigenvalue weighted by atomic mass is 35.5. The third-order valence-corrected chi connectivity index (χ3v) is 7.07. The first kappa shape index (κ1) is 31.0. The number of nitrogens with two attached hydrogens (primary N) is 1. The molecule has 0 spiro atoms. The Labute approximate surface area is 234 Å². The Morgan fingerprint density at radius 2 is 2.10 bits per heavy atom. The maximum absolute atomic E-state index is 13.8. The number of nitrogen functional groups attached to an aromatic ring is 1. The summed E-state index contributed by atoms with van der Waals surface area (Å²) in [5.74, 6) is -1.13. The highest BCUT2D eigenvalue weighted by molar-refractivity contribution is 7.52. The molecule has 0 fully saturated rings. The lowest BCUT2D eigenvalue weighted by atomic mass is 9.99. The van der Waals surface area contributed by atoms with Gasteiger partial charge in [-0.2, -0.15) is 10.1 Å². The zero-order chi connectivity index (χ0) is 29.7. The van der Waals surface area contributed by atoms with Crippen molar-refractivity contribution in [3.8, 4) is 5.75 Å². The highest BCUT2D eigenvalue weighted by Gasteiger charge is 2.40. The number of aromatic nitrogens is 2. The second-order valence-corrected chi connectivity index (χ2v) is 11.9. The van der Waals surface area contributed by atoms with Gasteiger partial charge in [-0.3, -0.25) is 9.32 Å². The number of esters is 1. The first-order valence-corrected chi connectivity index (χ1v) is 13.8. The van der Waals surface area contributed by atoms with E-state index in [0.717, 1.165) is 4.57 Å². The molecule has 1 aromatic carbocycles. The molecule has 1 aliphatic heterocycles. The van der Waals surface area contributed by atoms with E-state index in [1.165, 1.54) is 31.3 Å². The van der Waals surface area contributed by atoms with Crippen LogP contribution < -0.4 is 21.0 Å². The Balaban J connectivity index is 1.83. The molecule has 2 heterocycles. The van der Waals surface area contributed by atoms with Crippen molar-refractivity contribution in [3.63, 3.8) is 0 Å².